The van der Waals surface area contributed by atoms with E-state index in [1.807, 2.05) is 100 Å². The lowest BCUT2D eigenvalue weighted by Crippen LogP contribution is -2.07. The van der Waals surface area contributed by atoms with Gasteiger partial charge in [0.1, 0.15) is 6.10 Å². The zero-order valence-electron chi connectivity index (χ0n) is 20.2. The fourth-order valence-corrected chi connectivity index (χ4v) is 3.84. The van der Waals surface area contributed by atoms with Crippen LogP contribution in [0.5, 0.6) is 0 Å². The standard InChI is InChI=1S/C15H17NO.C15H15NO/c2*1-10-6-5-8-12(11(10)2)15(17)13-7-3-4-9-14(13)16/h3-9,15,17H,16H2,1-2H3;3-9H,16H2,1-2H3. The maximum absolute atomic E-state index is 12.4. The molecule has 4 aromatic carbocycles. The highest BCUT2D eigenvalue weighted by Crippen LogP contribution is 2.29. The Labute approximate surface area is 201 Å². The highest BCUT2D eigenvalue weighted by molar-refractivity contribution is 6.12. The second kappa shape index (κ2) is 10.8. The van der Waals surface area contributed by atoms with Crippen LogP contribution in [0.3, 0.4) is 0 Å². The Kier molecular flexibility index (Phi) is 7.87. The van der Waals surface area contributed by atoms with Gasteiger partial charge in [0.05, 0.1) is 0 Å². The van der Waals surface area contributed by atoms with Crippen molar-refractivity contribution in [2.75, 3.05) is 11.5 Å². The molecule has 0 bridgehead atoms. The lowest BCUT2D eigenvalue weighted by Gasteiger charge is -2.17. The van der Waals surface area contributed by atoms with Crippen LogP contribution in [-0.4, -0.2) is 10.9 Å². The topological polar surface area (TPSA) is 89.3 Å². The van der Waals surface area contributed by atoms with Crippen LogP contribution in [0.15, 0.2) is 84.9 Å². The van der Waals surface area contributed by atoms with E-state index in [1.54, 1.807) is 12.1 Å². The molecule has 174 valence electrons. The van der Waals surface area contributed by atoms with Crippen LogP contribution in [0.4, 0.5) is 11.4 Å². The molecule has 1 atom stereocenters. The van der Waals surface area contributed by atoms with Gasteiger partial charge in [-0.3, -0.25) is 4.79 Å². The Morgan fingerprint density at radius 3 is 1.76 bits per heavy atom. The number of benzene rings is 4. The van der Waals surface area contributed by atoms with Crippen LogP contribution in [0, 0.1) is 27.7 Å². The summed E-state index contributed by atoms with van der Waals surface area (Å²) in [6.45, 7) is 8.02. The first-order valence-electron chi connectivity index (χ1n) is 11.3. The summed E-state index contributed by atoms with van der Waals surface area (Å²) in [5, 5.41) is 10.4. The zero-order chi connectivity index (χ0) is 24.8. The minimum absolute atomic E-state index is 0.00991. The quantitative estimate of drug-likeness (QED) is 0.258. The van der Waals surface area contributed by atoms with E-state index in [0.29, 0.717) is 16.9 Å². The van der Waals surface area contributed by atoms with Crippen LogP contribution in [0.25, 0.3) is 0 Å². The van der Waals surface area contributed by atoms with Gasteiger partial charge in [-0.05, 0) is 73.7 Å². The average molecular weight is 453 g/mol. The number of ketones is 1. The van der Waals surface area contributed by atoms with Gasteiger partial charge in [0.25, 0.3) is 0 Å². The van der Waals surface area contributed by atoms with Crippen LogP contribution < -0.4 is 11.5 Å². The Morgan fingerprint density at radius 2 is 1.12 bits per heavy atom. The molecule has 4 aromatic rings. The normalized spacial score (nSPS) is 11.3. The van der Waals surface area contributed by atoms with E-state index in [9.17, 15) is 9.90 Å². The fraction of sp³-hybridized carbons (Fsp3) is 0.167. The lowest BCUT2D eigenvalue weighted by atomic mass is 9.94. The van der Waals surface area contributed by atoms with E-state index in [0.717, 1.165) is 33.4 Å². The average Bonchev–Trinajstić information content (AvgIpc) is 2.83. The maximum Gasteiger partial charge on any atom is 0.195 e. The Bertz CT molecular complexity index is 1310. The molecule has 34 heavy (non-hydrogen) atoms. The molecular weight excluding hydrogens is 420 g/mol. The van der Waals surface area contributed by atoms with Crippen LogP contribution in [0.2, 0.25) is 0 Å². The second-order valence-electron chi connectivity index (χ2n) is 8.48. The predicted octanol–water partition coefficient (Wildman–Crippen LogP) is 6.08. The first-order valence-corrected chi connectivity index (χ1v) is 11.3. The third kappa shape index (κ3) is 5.36. The molecule has 0 aliphatic carbocycles. The van der Waals surface area contributed by atoms with Crippen LogP contribution >= 0.6 is 0 Å². The summed E-state index contributed by atoms with van der Waals surface area (Å²) in [4.78, 5) is 12.4. The lowest BCUT2D eigenvalue weighted by molar-refractivity contribution is 0.103. The molecule has 0 heterocycles. The minimum atomic E-state index is -0.656. The van der Waals surface area contributed by atoms with Crippen molar-refractivity contribution in [3.63, 3.8) is 0 Å². The molecule has 0 fully saturated rings. The molecule has 4 rings (SSSR count). The first-order chi connectivity index (χ1) is 16.2. The van der Waals surface area contributed by atoms with Gasteiger partial charge in [0.15, 0.2) is 5.78 Å². The number of aliphatic hydroxyl groups excluding tert-OH is 1. The van der Waals surface area contributed by atoms with Crippen molar-refractivity contribution in [3.05, 3.63) is 129 Å². The highest BCUT2D eigenvalue weighted by Gasteiger charge is 2.16. The van der Waals surface area contributed by atoms with Crippen molar-refractivity contribution in [1.82, 2.24) is 0 Å². The van der Waals surface area contributed by atoms with Gasteiger partial charge in [0.2, 0.25) is 0 Å². The summed E-state index contributed by atoms with van der Waals surface area (Å²) >= 11 is 0. The number of hydrogen-bond donors (Lipinski definition) is 3. The van der Waals surface area contributed by atoms with Crippen molar-refractivity contribution >= 4 is 17.2 Å². The largest absolute Gasteiger partial charge is 0.398 e. The van der Waals surface area contributed by atoms with Gasteiger partial charge < -0.3 is 16.6 Å². The minimum Gasteiger partial charge on any atom is -0.398 e. The van der Waals surface area contributed by atoms with E-state index in [4.69, 9.17) is 11.5 Å². The van der Waals surface area contributed by atoms with Crippen LogP contribution in [0.1, 0.15) is 55.4 Å². The second-order valence-corrected chi connectivity index (χ2v) is 8.48. The van der Waals surface area contributed by atoms with E-state index >= 15 is 0 Å². The van der Waals surface area contributed by atoms with Gasteiger partial charge >= 0.3 is 0 Å². The molecule has 0 spiro atoms. The Hall–Kier alpha value is -3.89. The number of nitrogen functional groups attached to an aromatic ring is 2. The number of anilines is 2. The van der Waals surface area contributed by atoms with Gasteiger partial charge in [-0.2, -0.15) is 0 Å². The molecule has 0 amide bonds. The number of nitrogens with two attached hydrogens (primary N) is 2. The molecule has 0 aliphatic rings. The smallest absolute Gasteiger partial charge is 0.195 e. The summed E-state index contributed by atoms with van der Waals surface area (Å²) in [6, 6.07) is 26.3. The number of carbonyl (C=O) groups is 1. The summed E-state index contributed by atoms with van der Waals surface area (Å²) < 4.78 is 0. The summed E-state index contributed by atoms with van der Waals surface area (Å²) in [6.07, 6.45) is -0.656. The summed E-state index contributed by atoms with van der Waals surface area (Å²) in [7, 11) is 0. The molecule has 5 N–H and O–H groups in total. The SMILES string of the molecule is Cc1cccc(C(=O)c2ccccc2N)c1C.Cc1cccc(C(O)c2ccccc2N)c1C. The first kappa shape index (κ1) is 24.7. The third-order valence-electron chi connectivity index (χ3n) is 6.29. The number of rotatable bonds is 4. The number of carbonyl (C=O) groups excluding carboxylic acids is 1. The van der Waals surface area contributed by atoms with Gasteiger partial charge in [0, 0.05) is 28.1 Å². The van der Waals surface area contributed by atoms with E-state index in [-0.39, 0.29) is 5.78 Å². The molecule has 4 heteroatoms. The van der Waals surface area contributed by atoms with E-state index in [1.165, 1.54) is 5.56 Å². The van der Waals surface area contributed by atoms with Gasteiger partial charge in [-0.1, -0.05) is 66.7 Å². The van der Waals surface area contributed by atoms with Gasteiger partial charge in [-0.15, -0.1) is 0 Å². The number of aryl methyl sites for hydroxylation is 2. The van der Waals surface area contributed by atoms with Crippen molar-refractivity contribution in [2.24, 2.45) is 0 Å². The van der Waals surface area contributed by atoms with Crippen molar-refractivity contribution < 1.29 is 9.90 Å². The molecule has 0 radical (unpaired) electrons. The van der Waals surface area contributed by atoms with Crippen molar-refractivity contribution in [3.8, 4) is 0 Å². The molecular formula is C30H32N2O2. The maximum atomic E-state index is 12.4. The third-order valence-corrected chi connectivity index (χ3v) is 6.29. The number of hydrogen-bond acceptors (Lipinski definition) is 4. The molecule has 0 aliphatic heterocycles. The fourth-order valence-electron chi connectivity index (χ4n) is 3.84. The van der Waals surface area contributed by atoms with E-state index in [2.05, 4.69) is 0 Å². The molecule has 0 saturated heterocycles. The highest BCUT2D eigenvalue weighted by atomic mass is 16.3. The summed E-state index contributed by atoms with van der Waals surface area (Å²) in [5.74, 6) is -0.00991. The Balaban J connectivity index is 0.000000191. The predicted molar refractivity (Wildman–Crippen MR) is 141 cm³/mol. The van der Waals surface area contributed by atoms with Gasteiger partial charge in [-0.25, -0.2) is 0 Å². The molecule has 0 aromatic heterocycles. The van der Waals surface area contributed by atoms with Crippen molar-refractivity contribution in [1.29, 1.82) is 0 Å². The summed E-state index contributed by atoms with van der Waals surface area (Å²) in [5.41, 5.74) is 20.3. The van der Waals surface area contributed by atoms with E-state index < -0.39 is 6.10 Å². The monoisotopic (exact) mass is 452 g/mol. The zero-order valence-corrected chi connectivity index (χ0v) is 20.2. The number of para-hydroxylation sites is 2. The number of aliphatic hydroxyl groups is 1. The van der Waals surface area contributed by atoms with Crippen LogP contribution in [-0.2, 0) is 0 Å². The molecule has 0 saturated carbocycles. The van der Waals surface area contributed by atoms with Crippen molar-refractivity contribution in [2.45, 2.75) is 33.8 Å². The molecule has 1 unspecified atom stereocenters. The molecule has 4 nitrogen and oxygen atoms in total. The Morgan fingerprint density at radius 1 is 0.618 bits per heavy atom.